The molecule has 2 rings (SSSR count). The third-order valence-corrected chi connectivity index (χ3v) is 5.11. The first-order valence-corrected chi connectivity index (χ1v) is 11.5. The maximum Gasteiger partial charge on any atom is 0.311 e. The number of ether oxygens (including phenoxy) is 3. The molecule has 0 fully saturated rings. The zero-order valence-corrected chi connectivity index (χ0v) is 20.5. The maximum absolute atomic E-state index is 12.2. The second-order valence-electron chi connectivity index (χ2n) is 7.19. The molecule has 1 amide bonds. The fourth-order valence-corrected chi connectivity index (χ4v) is 3.28. The van der Waals surface area contributed by atoms with Crippen molar-refractivity contribution < 1.29 is 23.8 Å². The summed E-state index contributed by atoms with van der Waals surface area (Å²) in [5.74, 6) is 0.126. The van der Waals surface area contributed by atoms with Crippen molar-refractivity contribution in [2.24, 2.45) is 0 Å². The van der Waals surface area contributed by atoms with Gasteiger partial charge in [0.15, 0.2) is 11.5 Å². The highest BCUT2D eigenvalue weighted by Gasteiger charge is 2.13. The Morgan fingerprint density at radius 1 is 1.09 bits per heavy atom. The van der Waals surface area contributed by atoms with Crippen LogP contribution in [0.25, 0.3) is 6.08 Å². The zero-order valence-electron chi connectivity index (χ0n) is 19.0. The minimum atomic E-state index is -0.458. The number of rotatable bonds is 12. The molecule has 34 heavy (non-hydrogen) atoms. The van der Waals surface area contributed by atoms with E-state index in [0.29, 0.717) is 40.1 Å². The van der Waals surface area contributed by atoms with Gasteiger partial charge in [-0.05, 0) is 54.8 Å². The molecule has 2 aromatic carbocycles. The highest BCUT2D eigenvalue weighted by molar-refractivity contribution is 6.35. The topological polar surface area (TPSA) is 97.7 Å². The second-order valence-corrected chi connectivity index (χ2v) is 8.03. The van der Waals surface area contributed by atoms with Crippen molar-refractivity contribution in [3.63, 3.8) is 0 Å². The summed E-state index contributed by atoms with van der Waals surface area (Å²) in [5.41, 5.74) is 0.538. The number of hydrogen-bond donors (Lipinski definition) is 1. The largest absolute Gasteiger partial charge is 0.493 e. The Morgan fingerprint density at radius 3 is 2.53 bits per heavy atom. The lowest BCUT2D eigenvalue weighted by atomic mass is 10.1. The van der Waals surface area contributed by atoms with Gasteiger partial charge in [-0.2, -0.15) is 5.26 Å². The van der Waals surface area contributed by atoms with Crippen molar-refractivity contribution in [2.45, 2.75) is 32.6 Å². The number of halogens is 2. The number of methoxy groups -OCH3 is 1. The van der Waals surface area contributed by atoms with E-state index < -0.39 is 11.9 Å². The number of amides is 1. The number of benzene rings is 2. The van der Waals surface area contributed by atoms with Crippen LogP contribution in [0.15, 0.2) is 42.0 Å². The molecule has 0 bridgehead atoms. The Bertz CT molecular complexity index is 1080. The molecule has 0 saturated heterocycles. The van der Waals surface area contributed by atoms with Crippen molar-refractivity contribution >= 4 is 41.2 Å². The van der Waals surface area contributed by atoms with Crippen LogP contribution in [0, 0.1) is 11.3 Å². The predicted octanol–water partition coefficient (Wildman–Crippen LogP) is 5.59. The standard InChI is InChI=1S/C25H26Cl2N2O5/c1-3-4-11-29-25(31)18(16-28)13-17-7-9-22(23(14-17)32-2)34-24(30)6-5-12-33-21-10-8-19(26)15-20(21)27/h7-10,13-15H,3-6,11-12H2,1-2H3,(H,29,31)/b18-13+. The number of carbonyl (C=O) groups excluding carboxylic acids is 2. The van der Waals surface area contributed by atoms with E-state index in [2.05, 4.69) is 5.32 Å². The quantitative estimate of drug-likeness (QED) is 0.133. The molecule has 0 atom stereocenters. The van der Waals surface area contributed by atoms with Crippen LogP contribution in [-0.2, 0) is 9.59 Å². The summed E-state index contributed by atoms with van der Waals surface area (Å²) in [4.78, 5) is 24.4. The summed E-state index contributed by atoms with van der Waals surface area (Å²) < 4.78 is 16.3. The van der Waals surface area contributed by atoms with Crippen molar-refractivity contribution in [1.29, 1.82) is 5.26 Å². The predicted molar refractivity (Wildman–Crippen MR) is 131 cm³/mol. The summed E-state index contributed by atoms with van der Waals surface area (Å²) in [6.45, 7) is 2.79. The molecule has 9 heteroatoms. The molecule has 1 N–H and O–H groups in total. The minimum absolute atomic E-state index is 0.0244. The first-order valence-electron chi connectivity index (χ1n) is 10.7. The Morgan fingerprint density at radius 2 is 1.85 bits per heavy atom. The Labute approximate surface area is 209 Å². The maximum atomic E-state index is 12.2. The molecule has 0 unspecified atom stereocenters. The molecule has 0 aromatic heterocycles. The molecular weight excluding hydrogens is 479 g/mol. The van der Waals surface area contributed by atoms with E-state index in [1.54, 1.807) is 36.4 Å². The monoisotopic (exact) mass is 504 g/mol. The van der Waals surface area contributed by atoms with Gasteiger partial charge in [-0.1, -0.05) is 42.6 Å². The van der Waals surface area contributed by atoms with E-state index in [1.165, 1.54) is 13.2 Å². The summed E-state index contributed by atoms with van der Waals surface area (Å²) in [7, 11) is 1.44. The Hall–Kier alpha value is -3.21. The van der Waals surface area contributed by atoms with Crippen LogP contribution < -0.4 is 19.5 Å². The van der Waals surface area contributed by atoms with Gasteiger partial charge in [0.05, 0.1) is 18.7 Å². The van der Waals surface area contributed by atoms with Crippen LogP contribution in [0.3, 0.4) is 0 Å². The van der Waals surface area contributed by atoms with Crippen molar-refractivity contribution in [3.8, 4) is 23.3 Å². The molecule has 0 aliphatic carbocycles. The van der Waals surface area contributed by atoms with Gasteiger partial charge < -0.3 is 19.5 Å². The Kier molecular flexibility index (Phi) is 11.2. The summed E-state index contributed by atoms with van der Waals surface area (Å²) in [6, 6.07) is 11.6. The van der Waals surface area contributed by atoms with Gasteiger partial charge in [-0.3, -0.25) is 9.59 Å². The number of esters is 1. The lowest BCUT2D eigenvalue weighted by Gasteiger charge is -2.11. The van der Waals surface area contributed by atoms with Crippen LogP contribution >= 0.6 is 23.2 Å². The molecule has 180 valence electrons. The van der Waals surface area contributed by atoms with Crippen molar-refractivity contribution in [2.75, 3.05) is 20.3 Å². The minimum Gasteiger partial charge on any atom is -0.493 e. The van der Waals surface area contributed by atoms with E-state index >= 15 is 0 Å². The molecule has 0 aliphatic rings. The molecule has 0 spiro atoms. The molecule has 0 radical (unpaired) electrons. The highest BCUT2D eigenvalue weighted by atomic mass is 35.5. The van der Waals surface area contributed by atoms with Gasteiger partial charge in [-0.25, -0.2) is 0 Å². The first kappa shape index (κ1) is 27.0. The molecule has 0 heterocycles. The zero-order chi connectivity index (χ0) is 24.9. The van der Waals surface area contributed by atoms with Crippen molar-refractivity contribution in [3.05, 3.63) is 57.6 Å². The summed E-state index contributed by atoms with van der Waals surface area (Å²) in [5, 5.41) is 12.9. The number of hydrogen-bond acceptors (Lipinski definition) is 6. The molecule has 0 saturated carbocycles. The van der Waals surface area contributed by atoms with Crippen LogP contribution in [0.2, 0.25) is 10.0 Å². The number of nitriles is 1. The highest BCUT2D eigenvalue weighted by Crippen LogP contribution is 2.30. The van der Waals surface area contributed by atoms with Gasteiger partial charge in [0, 0.05) is 18.0 Å². The number of carbonyl (C=O) groups is 2. The Balaban J connectivity index is 1.93. The van der Waals surface area contributed by atoms with Gasteiger partial charge in [0.1, 0.15) is 17.4 Å². The summed E-state index contributed by atoms with van der Waals surface area (Å²) in [6.07, 6.45) is 3.76. The third-order valence-electron chi connectivity index (χ3n) is 4.58. The van der Waals surface area contributed by atoms with E-state index in [1.807, 2.05) is 13.0 Å². The lowest BCUT2D eigenvalue weighted by molar-refractivity contribution is -0.134. The smallest absolute Gasteiger partial charge is 0.311 e. The lowest BCUT2D eigenvalue weighted by Crippen LogP contribution is -2.25. The van der Waals surface area contributed by atoms with E-state index in [-0.39, 0.29) is 24.4 Å². The summed E-state index contributed by atoms with van der Waals surface area (Å²) >= 11 is 11.9. The van der Waals surface area contributed by atoms with Crippen LogP contribution in [0.5, 0.6) is 17.2 Å². The number of unbranched alkanes of at least 4 members (excludes halogenated alkanes) is 1. The molecule has 0 aliphatic heterocycles. The fourth-order valence-electron chi connectivity index (χ4n) is 2.81. The van der Waals surface area contributed by atoms with Crippen LogP contribution in [0.1, 0.15) is 38.2 Å². The number of nitrogens with zero attached hydrogens (tertiary/aromatic N) is 1. The number of nitrogens with one attached hydrogen (secondary N) is 1. The molecular formula is C25H26Cl2N2O5. The molecule has 7 nitrogen and oxygen atoms in total. The normalized spacial score (nSPS) is 10.9. The van der Waals surface area contributed by atoms with Gasteiger partial charge >= 0.3 is 5.97 Å². The van der Waals surface area contributed by atoms with Gasteiger partial charge in [0.2, 0.25) is 0 Å². The van der Waals surface area contributed by atoms with Gasteiger partial charge in [-0.15, -0.1) is 0 Å². The average molecular weight is 505 g/mol. The first-order chi connectivity index (χ1) is 16.4. The molecule has 2 aromatic rings. The second kappa shape index (κ2) is 14.1. The van der Waals surface area contributed by atoms with Crippen molar-refractivity contribution in [1.82, 2.24) is 5.32 Å². The average Bonchev–Trinajstić information content (AvgIpc) is 2.82. The van der Waals surface area contributed by atoms with Crippen LogP contribution in [-0.4, -0.2) is 32.1 Å². The van der Waals surface area contributed by atoms with E-state index in [4.69, 9.17) is 37.4 Å². The van der Waals surface area contributed by atoms with E-state index in [9.17, 15) is 14.9 Å². The SMILES string of the molecule is CCCCNC(=O)/C(C#N)=C/c1ccc(OC(=O)CCCOc2ccc(Cl)cc2Cl)c(OC)c1. The van der Waals surface area contributed by atoms with E-state index in [0.717, 1.165) is 12.8 Å². The van der Waals surface area contributed by atoms with Crippen LogP contribution in [0.4, 0.5) is 0 Å². The third kappa shape index (κ3) is 8.62. The van der Waals surface area contributed by atoms with Gasteiger partial charge in [0.25, 0.3) is 5.91 Å². The fraction of sp³-hybridized carbons (Fsp3) is 0.320.